The molecule has 3 saturated carbocycles. The van der Waals surface area contributed by atoms with E-state index in [0.717, 1.165) is 94.6 Å². The summed E-state index contributed by atoms with van der Waals surface area (Å²) in [7, 11) is -7.74. The van der Waals surface area contributed by atoms with Crippen LogP contribution >= 0.6 is 100 Å². The molecule has 13 rings (SSSR count). The van der Waals surface area contributed by atoms with Crippen molar-refractivity contribution < 1.29 is 109 Å². The SMILES string of the molecule is CP(=O)([O-])CN1CCC(NC(=O)c2[nH]ncc2CC(=O)c2c(Cl)cccc2Cl)CC1.O=C(NC1CCCCC1)c1nn(CS(=O)(=O)O)cc1CC(=O)c1c(Cl)cccc1Cl.O=C(OCn1cc(CC(=O)c2c(Cl)cccc2Cl)c(C(=O)NC2CCCCC2)n1)c1ccccc1.O=COCn1cc(CC(=O)c2c(Cl)cccc2Cl)c(C(=O)NC2CCCCC2)n1.[Na+]. The number of hydrogen-bond acceptors (Lipinski definition) is 21. The van der Waals surface area contributed by atoms with E-state index in [9.17, 15) is 65.8 Å². The van der Waals surface area contributed by atoms with Crippen LogP contribution in [0.1, 0.15) is 225 Å². The van der Waals surface area contributed by atoms with Gasteiger partial charge in [0.1, 0.15) is 5.69 Å². The molecule has 660 valence electrons. The number of piperidine rings is 1. The number of aromatic amines is 1. The van der Waals surface area contributed by atoms with Crippen LogP contribution in [0, 0.1) is 0 Å². The maximum absolute atomic E-state index is 13.1. The topological polar surface area (TPSA) is 417 Å². The monoisotopic (exact) mass is 1920 g/mol. The fraction of sp³-hybridized carbons (Fsp3) is 0.381. The van der Waals surface area contributed by atoms with Crippen LogP contribution in [0.15, 0.2) is 128 Å². The molecule has 4 aromatic heterocycles. The summed E-state index contributed by atoms with van der Waals surface area (Å²) >= 11 is 49.1. The Morgan fingerprint density at radius 1 is 0.480 bits per heavy atom. The average molecular weight is 1920 g/mol. The molecule has 125 heavy (non-hydrogen) atoms. The van der Waals surface area contributed by atoms with Crippen LogP contribution in [-0.2, 0) is 74.0 Å². The van der Waals surface area contributed by atoms with E-state index in [2.05, 4.69) is 46.8 Å². The molecule has 0 spiro atoms. The second kappa shape index (κ2) is 48.3. The molecule has 1 unspecified atom stereocenters. The number of carbonyl (C=O) groups is 10. The van der Waals surface area contributed by atoms with Crippen LogP contribution in [0.25, 0.3) is 0 Å². The summed E-state index contributed by atoms with van der Waals surface area (Å²) in [6, 6.07) is 27.8. The summed E-state index contributed by atoms with van der Waals surface area (Å²) < 4.78 is 56.6. The number of esters is 1. The van der Waals surface area contributed by atoms with Gasteiger partial charge in [-0.2, -0.15) is 28.8 Å². The van der Waals surface area contributed by atoms with Gasteiger partial charge >= 0.3 is 35.5 Å². The summed E-state index contributed by atoms with van der Waals surface area (Å²) in [5, 5.41) is 32.8. The zero-order valence-electron chi connectivity index (χ0n) is 68.0. The molecule has 5 aromatic carbocycles. The molecule has 9 aromatic rings. The maximum atomic E-state index is 13.1. The minimum atomic E-state index is -4.39. The predicted octanol–water partition coefficient (Wildman–Crippen LogP) is 12.4. The maximum Gasteiger partial charge on any atom is 1.00 e. The first-order valence-electron chi connectivity index (χ1n) is 39.8. The van der Waals surface area contributed by atoms with E-state index in [1.54, 1.807) is 91.0 Å². The first-order valence-corrected chi connectivity index (χ1v) is 46.6. The van der Waals surface area contributed by atoms with Gasteiger partial charge < -0.3 is 40.2 Å². The van der Waals surface area contributed by atoms with Crippen molar-refractivity contribution >= 4 is 169 Å². The van der Waals surface area contributed by atoms with Crippen molar-refractivity contribution in [2.24, 2.45) is 0 Å². The summed E-state index contributed by atoms with van der Waals surface area (Å²) in [6.07, 6.45) is 21.6. The molecule has 1 atom stereocenters. The third kappa shape index (κ3) is 30.2. The number of rotatable bonds is 30. The Labute approximate surface area is 783 Å². The van der Waals surface area contributed by atoms with Crippen molar-refractivity contribution in [1.29, 1.82) is 0 Å². The number of nitrogens with zero attached hydrogens (tertiary/aromatic N) is 8. The van der Waals surface area contributed by atoms with E-state index in [-0.39, 0.29) is 231 Å². The molecule has 4 aliphatic rings. The molecular weight excluding hydrogens is 1830 g/mol. The van der Waals surface area contributed by atoms with E-state index in [1.165, 1.54) is 59.4 Å². The quantitative estimate of drug-likeness (QED) is 0.00608. The number of ketones is 4. The van der Waals surface area contributed by atoms with Crippen molar-refractivity contribution in [2.45, 2.75) is 178 Å². The molecule has 1 aliphatic heterocycles. The van der Waals surface area contributed by atoms with Gasteiger partial charge in [-0.1, -0.05) is 193 Å². The molecule has 0 bridgehead atoms. The Kier molecular flexibility index (Phi) is 38.9. The van der Waals surface area contributed by atoms with Gasteiger partial charge in [0.15, 0.2) is 59.6 Å². The largest absolute Gasteiger partial charge is 1.00 e. The van der Waals surface area contributed by atoms with Gasteiger partial charge in [-0.05, 0) is 119 Å². The zero-order valence-corrected chi connectivity index (χ0v) is 77.8. The Bertz CT molecular complexity index is 5430. The van der Waals surface area contributed by atoms with Crippen LogP contribution in [0.2, 0.25) is 40.2 Å². The summed E-state index contributed by atoms with van der Waals surface area (Å²) in [6.45, 7) is 2.33. The van der Waals surface area contributed by atoms with Gasteiger partial charge in [-0.3, -0.25) is 62.4 Å². The second-order valence-electron chi connectivity index (χ2n) is 30.2. The Morgan fingerprint density at radius 3 is 1.16 bits per heavy atom. The van der Waals surface area contributed by atoms with Crippen LogP contribution < -0.4 is 55.7 Å². The molecular formula is C84H89Cl8N13NaO17PS. The van der Waals surface area contributed by atoms with E-state index in [0.29, 0.717) is 48.2 Å². The minimum absolute atomic E-state index is 0. The summed E-state index contributed by atoms with van der Waals surface area (Å²) in [5.74, 6) is -4.34. The standard InChI is InChI=1S/C26H25Cl2N3O4.C20H21Cl2N3O4.C19H23Cl2N4O4P.C19H21Cl2N3O5S.Na/c27-20-12-7-13-21(28)23(20)22(32)14-18-15-31(16-35-26(34)17-8-3-1-4-9-17)30-24(18)25(33)29-19-10-5-2-6-11-19;21-15-7-4-8-16(22)18(15)17(27)9-13-10-25(11-29-12-26)24-19(13)20(28)23-14-5-2-1-3-6-14;1-30(28,29)11-25-7-5-13(6-8-25)23-19(27)18-12(10-22-24-18)9-16(26)17-14(20)3-2-4-15(17)21;20-14-7-4-8-15(21)17(14)16(25)9-12-10-24(11-30(27,28)29)23-18(12)19(26)22-13-5-2-1-3-6-13;/h1,3-4,7-9,12-13,15,19H,2,5-6,10-11,14,16H2,(H,29,33);4,7-8,10,12,14H,1-3,5-6,9,11H2,(H,23,28);2-4,10,13H,5-9,11H2,1H3,(H,22,24)(H,23,27)(H,28,29);4,7-8,10,13H,1-3,5-6,9,11H2,(H,22,26)(H,27,28,29);/q;;;;+1/p-1. The molecule has 6 N–H and O–H groups in total. The number of likely N-dealkylation sites (tertiary alicyclic amines) is 1. The van der Waals surface area contributed by atoms with E-state index >= 15 is 0 Å². The Morgan fingerprint density at radius 2 is 0.808 bits per heavy atom. The number of ether oxygens (including phenoxy) is 2. The van der Waals surface area contributed by atoms with E-state index in [4.69, 9.17) is 107 Å². The van der Waals surface area contributed by atoms with Crippen molar-refractivity contribution in [2.75, 3.05) is 26.0 Å². The number of amides is 4. The van der Waals surface area contributed by atoms with Gasteiger partial charge in [-0.25, -0.2) is 14.2 Å². The number of Topliss-reactive ketones (excluding diaryl/α,β-unsaturated/α-hetero) is 4. The fourth-order valence-corrected chi connectivity index (χ4v) is 18.6. The van der Waals surface area contributed by atoms with Gasteiger partial charge in [0.2, 0.25) is 0 Å². The van der Waals surface area contributed by atoms with Crippen molar-refractivity contribution in [1.82, 2.24) is 65.7 Å². The van der Waals surface area contributed by atoms with Gasteiger partial charge in [0.05, 0.1) is 74.2 Å². The van der Waals surface area contributed by atoms with Gasteiger partial charge in [0, 0.05) is 117 Å². The number of aromatic nitrogens is 8. The number of benzene rings is 5. The smallest absolute Gasteiger partial charge is 0.799 e. The van der Waals surface area contributed by atoms with E-state index < -0.39 is 41.0 Å². The number of halogens is 8. The van der Waals surface area contributed by atoms with Crippen molar-refractivity contribution in [3.8, 4) is 0 Å². The molecule has 5 heterocycles. The molecule has 30 nitrogen and oxygen atoms in total. The number of hydrogen-bond donors (Lipinski definition) is 6. The Hall–Kier alpha value is -8.18. The zero-order chi connectivity index (χ0) is 89.4. The molecule has 3 aliphatic carbocycles. The van der Waals surface area contributed by atoms with Crippen LogP contribution in [0.4, 0.5) is 0 Å². The van der Waals surface area contributed by atoms with Gasteiger partial charge in [-0.15, -0.1) is 0 Å². The molecule has 4 amide bonds. The average Bonchev–Trinajstić information content (AvgIpc) is 1.71. The third-order valence-electron chi connectivity index (χ3n) is 20.6. The first kappa shape index (κ1) is 101. The van der Waals surface area contributed by atoms with E-state index in [1.807, 2.05) is 4.90 Å². The molecule has 0 radical (unpaired) electrons. The van der Waals surface area contributed by atoms with Crippen LogP contribution in [0.5, 0.6) is 0 Å². The summed E-state index contributed by atoms with van der Waals surface area (Å²) in [5.41, 5.74) is 2.98. The Balaban J connectivity index is 0.000000189. The predicted molar refractivity (Wildman–Crippen MR) is 467 cm³/mol. The van der Waals surface area contributed by atoms with Gasteiger partial charge in [0.25, 0.3) is 40.2 Å². The second-order valence-corrected chi connectivity index (χ2v) is 37.2. The molecule has 41 heteroatoms. The van der Waals surface area contributed by atoms with Crippen molar-refractivity contribution in [3.63, 3.8) is 0 Å². The first-order chi connectivity index (χ1) is 59.2. The number of H-pyrrole nitrogens is 1. The van der Waals surface area contributed by atoms with Crippen LogP contribution in [-0.4, -0.2) is 167 Å². The number of carbonyl (C=O) groups excluding carboxylic acids is 10. The third-order valence-corrected chi connectivity index (χ3v) is 24.6. The number of nitrogens with one attached hydrogen (secondary N) is 5. The minimum Gasteiger partial charge on any atom is -0.799 e. The fourth-order valence-electron chi connectivity index (χ4n) is 14.7. The van der Waals surface area contributed by atoms with Crippen molar-refractivity contribution in [3.05, 3.63) is 241 Å². The summed E-state index contributed by atoms with van der Waals surface area (Å²) in [4.78, 5) is 139. The normalized spacial score (nSPS) is 15.1. The molecule has 1 saturated heterocycles. The molecule has 4 fully saturated rings. The van der Waals surface area contributed by atoms with Crippen LogP contribution in [0.3, 0.4) is 0 Å².